The predicted octanol–water partition coefficient (Wildman–Crippen LogP) is 2.58. The number of morpholine rings is 1. The molecule has 2 aromatic rings. The lowest BCUT2D eigenvalue weighted by Crippen LogP contribution is -2.41. The zero-order valence-corrected chi connectivity index (χ0v) is 18.7. The third kappa shape index (κ3) is 6.55. The minimum absolute atomic E-state index is 0.309. The third-order valence-corrected chi connectivity index (χ3v) is 6.04. The SMILES string of the molecule is CCNC(=NCC(c1cccs1)N1CCOCC1)NCCCn1nc(C)cc1C. The van der Waals surface area contributed by atoms with E-state index in [4.69, 9.17) is 9.73 Å². The Labute approximate surface area is 178 Å². The van der Waals surface area contributed by atoms with Crippen LogP contribution in [0.5, 0.6) is 0 Å². The molecule has 160 valence electrons. The molecule has 1 atom stereocenters. The lowest BCUT2D eigenvalue weighted by Gasteiger charge is -2.33. The number of nitrogens with one attached hydrogen (secondary N) is 2. The third-order valence-electron chi connectivity index (χ3n) is 5.07. The van der Waals surface area contributed by atoms with Gasteiger partial charge in [0, 0.05) is 43.3 Å². The molecule has 0 amide bonds. The van der Waals surface area contributed by atoms with Crippen molar-refractivity contribution in [2.75, 3.05) is 45.9 Å². The first kappa shape index (κ1) is 21.8. The van der Waals surface area contributed by atoms with Gasteiger partial charge in [-0.3, -0.25) is 14.6 Å². The summed E-state index contributed by atoms with van der Waals surface area (Å²) in [4.78, 5) is 8.77. The summed E-state index contributed by atoms with van der Waals surface area (Å²) in [5.41, 5.74) is 2.29. The summed E-state index contributed by atoms with van der Waals surface area (Å²) >= 11 is 1.81. The summed E-state index contributed by atoms with van der Waals surface area (Å²) < 4.78 is 7.61. The van der Waals surface area contributed by atoms with Crippen molar-refractivity contribution in [2.45, 2.75) is 39.8 Å². The van der Waals surface area contributed by atoms with Crippen LogP contribution in [-0.2, 0) is 11.3 Å². The fraction of sp³-hybridized carbons (Fsp3) is 0.619. The number of ether oxygens (including phenoxy) is 1. The van der Waals surface area contributed by atoms with Crippen molar-refractivity contribution in [3.05, 3.63) is 39.8 Å². The zero-order valence-electron chi connectivity index (χ0n) is 17.9. The Morgan fingerprint density at radius 2 is 2.14 bits per heavy atom. The number of rotatable bonds is 9. The molecule has 8 heteroatoms. The molecule has 7 nitrogen and oxygen atoms in total. The summed E-state index contributed by atoms with van der Waals surface area (Å²) in [5.74, 6) is 0.885. The Bertz CT molecular complexity index is 751. The molecule has 3 rings (SSSR count). The number of nitrogens with zero attached hydrogens (tertiary/aromatic N) is 4. The maximum atomic E-state index is 5.54. The highest BCUT2D eigenvalue weighted by Gasteiger charge is 2.23. The van der Waals surface area contributed by atoms with Crippen LogP contribution in [0, 0.1) is 13.8 Å². The van der Waals surface area contributed by atoms with Crippen LogP contribution in [0.25, 0.3) is 0 Å². The molecule has 0 aromatic carbocycles. The normalized spacial score (nSPS) is 16.7. The molecule has 1 aliphatic rings. The van der Waals surface area contributed by atoms with E-state index in [1.807, 2.05) is 18.3 Å². The lowest BCUT2D eigenvalue weighted by atomic mass is 10.2. The van der Waals surface area contributed by atoms with E-state index in [1.165, 1.54) is 10.6 Å². The van der Waals surface area contributed by atoms with Crippen LogP contribution in [0.15, 0.2) is 28.6 Å². The number of guanidine groups is 1. The molecule has 0 saturated carbocycles. The first-order valence-corrected chi connectivity index (χ1v) is 11.4. The second-order valence-electron chi connectivity index (χ2n) is 7.33. The van der Waals surface area contributed by atoms with Gasteiger partial charge in [0.1, 0.15) is 0 Å². The highest BCUT2D eigenvalue weighted by atomic mass is 32.1. The molecule has 1 unspecified atom stereocenters. The van der Waals surface area contributed by atoms with Gasteiger partial charge < -0.3 is 15.4 Å². The number of aromatic nitrogens is 2. The van der Waals surface area contributed by atoms with Gasteiger partial charge in [0.15, 0.2) is 5.96 Å². The number of hydrogen-bond donors (Lipinski definition) is 2. The van der Waals surface area contributed by atoms with Crippen molar-refractivity contribution < 1.29 is 4.74 Å². The minimum atomic E-state index is 0.309. The van der Waals surface area contributed by atoms with E-state index >= 15 is 0 Å². The van der Waals surface area contributed by atoms with Crippen LogP contribution in [0.4, 0.5) is 0 Å². The molecule has 1 fully saturated rings. The second kappa shape index (κ2) is 11.3. The minimum Gasteiger partial charge on any atom is -0.379 e. The van der Waals surface area contributed by atoms with Crippen molar-refractivity contribution >= 4 is 17.3 Å². The van der Waals surface area contributed by atoms with E-state index in [2.05, 4.69) is 62.7 Å². The van der Waals surface area contributed by atoms with Gasteiger partial charge in [-0.15, -0.1) is 11.3 Å². The van der Waals surface area contributed by atoms with Gasteiger partial charge in [0.05, 0.1) is 31.5 Å². The maximum absolute atomic E-state index is 5.54. The van der Waals surface area contributed by atoms with Gasteiger partial charge >= 0.3 is 0 Å². The molecule has 0 radical (unpaired) electrons. The van der Waals surface area contributed by atoms with Crippen LogP contribution in [0.2, 0.25) is 0 Å². The molecule has 1 aliphatic heterocycles. The molecule has 0 bridgehead atoms. The van der Waals surface area contributed by atoms with Crippen LogP contribution in [0.3, 0.4) is 0 Å². The van der Waals surface area contributed by atoms with Crippen LogP contribution in [-0.4, -0.2) is 66.6 Å². The van der Waals surface area contributed by atoms with Crippen molar-refractivity contribution in [3.63, 3.8) is 0 Å². The molecular weight excluding hydrogens is 384 g/mol. The monoisotopic (exact) mass is 418 g/mol. The summed E-state index contributed by atoms with van der Waals surface area (Å²) in [6.45, 7) is 13.2. The summed E-state index contributed by atoms with van der Waals surface area (Å²) in [6, 6.07) is 6.77. The van der Waals surface area contributed by atoms with Gasteiger partial charge in [0.25, 0.3) is 0 Å². The van der Waals surface area contributed by atoms with E-state index in [9.17, 15) is 0 Å². The van der Waals surface area contributed by atoms with Crippen molar-refractivity contribution in [3.8, 4) is 0 Å². The topological polar surface area (TPSA) is 66.7 Å². The largest absolute Gasteiger partial charge is 0.379 e. The fourth-order valence-corrected chi connectivity index (χ4v) is 4.46. The summed E-state index contributed by atoms with van der Waals surface area (Å²) in [5, 5.41) is 13.5. The van der Waals surface area contributed by atoms with Gasteiger partial charge in [0.2, 0.25) is 0 Å². The number of hydrogen-bond acceptors (Lipinski definition) is 5. The van der Waals surface area contributed by atoms with Gasteiger partial charge in [-0.1, -0.05) is 6.07 Å². The Morgan fingerprint density at radius 3 is 2.79 bits per heavy atom. The Balaban J connectivity index is 1.55. The van der Waals surface area contributed by atoms with Gasteiger partial charge in [-0.2, -0.15) is 5.10 Å². The Morgan fingerprint density at radius 1 is 1.31 bits per heavy atom. The van der Waals surface area contributed by atoms with Crippen molar-refractivity contribution in [1.82, 2.24) is 25.3 Å². The van der Waals surface area contributed by atoms with E-state index in [0.29, 0.717) is 6.04 Å². The van der Waals surface area contributed by atoms with E-state index in [1.54, 1.807) is 0 Å². The number of aryl methyl sites for hydroxylation is 3. The smallest absolute Gasteiger partial charge is 0.191 e. The summed E-state index contributed by atoms with van der Waals surface area (Å²) in [6.07, 6.45) is 1.00. The van der Waals surface area contributed by atoms with Crippen molar-refractivity contribution in [2.24, 2.45) is 4.99 Å². The highest BCUT2D eigenvalue weighted by molar-refractivity contribution is 7.10. The quantitative estimate of drug-likeness (QED) is 0.372. The number of aliphatic imine (C=N–C) groups is 1. The van der Waals surface area contributed by atoms with Crippen molar-refractivity contribution in [1.29, 1.82) is 0 Å². The molecule has 0 spiro atoms. The number of thiophene rings is 1. The average molecular weight is 419 g/mol. The van der Waals surface area contributed by atoms with E-state index < -0.39 is 0 Å². The Kier molecular flexibility index (Phi) is 8.52. The highest BCUT2D eigenvalue weighted by Crippen LogP contribution is 2.26. The fourth-order valence-electron chi connectivity index (χ4n) is 3.61. The molecule has 0 aliphatic carbocycles. The van der Waals surface area contributed by atoms with E-state index in [-0.39, 0.29) is 0 Å². The molecule has 2 aromatic heterocycles. The van der Waals surface area contributed by atoms with Crippen LogP contribution < -0.4 is 10.6 Å². The first-order chi connectivity index (χ1) is 14.2. The van der Waals surface area contributed by atoms with Gasteiger partial charge in [-0.05, 0) is 44.7 Å². The van der Waals surface area contributed by atoms with Crippen LogP contribution >= 0.6 is 11.3 Å². The average Bonchev–Trinajstić information content (AvgIpc) is 3.36. The summed E-state index contributed by atoms with van der Waals surface area (Å²) in [7, 11) is 0. The molecular formula is C21H34N6OS. The molecule has 3 heterocycles. The predicted molar refractivity (Wildman–Crippen MR) is 120 cm³/mol. The second-order valence-corrected chi connectivity index (χ2v) is 8.31. The molecule has 29 heavy (non-hydrogen) atoms. The lowest BCUT2D eigenvalue weighted by molar-refractivity contribution is 0.0186. The van der Waals surface area contributed by atoms with Crippen LogP contribution in [0.1, 0.15) is 35.7 Å². The maximum Gasteiger partial charge on any atom is 0.191 e. The standard InChI is InChI=1S/C21H34N6OS/c1-4-22-21(23-8-6-9-27-18(3)15-17(2)25-27)24-16-19(20-7-5-14-29-20)26-10-12-28-13-11-26/h5,7,14-15,19H,4,6,8-13,16H2,1-3H3,(H2,22,23,24). The molecule has 1 saturated heterocycles. The van der Waals surface area contributed by atoms with Gasteiger partial charge in [-0.25, -0.2) is 0 Å². The molecule has 2 N–H and O–H groups in total. The first-order valence-electron chi connectivity index (χ1n) is 10.6. The van der Waals surface area contributed by atoms with E-state index in [0.717, 1.165) is 70.6 Å². The zero-order chi connectivity index (χ0) is 20.5. The Hall–Kier alpha value is -1.90.